The monoisotopic (exact) mass is 355 g/mol. The van der Waals surface area contributed by atoms with Crippen molar-refractivity contribution in [3.8, 4) is 0 Å². The normalized spacial score (nSPS) is 15.0. The Kier molecular flexibility index (Phi) is 5.32. The molecule has 1 aliphatic rings. The Morgan fingerprint density at radius 1 is 1.08 bits per heavy atom. The molecule has 2 aromatic carbocycles. The first-order valence-electron chi connectivity index (χ1n) is 8.67. The minimum absolute atomic E-state index is 0.0573. The number of carbonyl (C=O) groups excluding carboxylic acids is 2. The Bertz CT molecular complexity index is 830. The van der Waals surface area contributed by atoms with E-state index in [1.807, 2.05) is 0 Å². The van der Waals surface area contributed by atoms with Crippen molar-refractivity contribution in [2.45, 2.75) is 25.8 Å². The lowest BCUT2D eigenvalue weighted by atomic mass is 10.0. The van der Waals surface area contributed by atoms with Crippen LogP contribution in [0.3, 0.4) is 0 Å². The van der Waals surface area contributed by atoms with E-state index in [9.17, 15) is 14.0 Å². The molecule has 0 aromatic heterocycles. The summed E-state index contributed by atoms with van der Waals surface area (Å²) in [5.74, 6) is -1.33. The zero-order valence-electron chi connectivity index (χ0n) is 14.7. The number of para-hydroxylation sites is 1. The summed E-state index contributed by atoms with van der Waals surface area (Å²) in [6.45, 7) is 2.99. The number of rotatable bonds is 3. The fourth-order valence-electron chi connectivity index (χ4n) is 3.11. The Balaban J connectivity index is 1.87. The van der Waals surface area contributed by atoms with Crippen LogP contribution in [-0.4, -0.2) is 35.8 Å². The summed E-state index contributed by atoms with van der Waals surface area (Å²) >= 11 is 0. The minimum atomic E-state index is -0.600. The summed E-state index contributed by atoms with van der Waals surface area (Å²) in [5.41, 5.74) is 7.42. The highest BCUT2D eigenvalue weighted by molar-refractivity contribution is 6.09. The molecule has 1 fully saturated rings. The Morgan fingerprint density at radius 3 is 2.42 bits per heavy atom. The number of amides is 2. The summed E-state index contributed by atoms with van der Waals surface area (Å²) < 4.78 is 13.9. The van der Waals surface area contributed by atoms with Crippen LogP contribution < -0.4 is 11.1 Å². The third-order valence-electron chi connectivity index (χ3n) is 4.69. The first kappa shape index (κ1) is 18.1. The predicted octanol–water partition coefficient (Wildman–Crippen LogP) is 2.95. The van der Waals surface area contributed by atoms with Crippen molar-refractivity contribution in [1.82, 2.24) is 4.90 Å². The molecular formula is C20H22FN3O2. The Labute approximate surface area is 152 Å². The lowest BCUT2D eigenvalue weighted by Gasteiger charge is -2.31. The molecule has 2 amide bonds. The number of nitrogens with zero attached hydrogens (tertiary/aromatic N) is 1. The van der Waals surface area contributed by atoms with Gasteiger partial charge in [0.15, 0.2) is 0 Å². The van der Waals surface area contributed by atoms with Crippen LogP contribution in [0.1, 0.15) is 39.1 Å². The molecule has 0 radical (unpaired) electrons. The average molecular weight is 355 g/mol. The summed E-state index contributed by atoms with van der Waals surface area (Å²) in [7, 11) is 0. The van der Waals surface area contributed by atoms with Crippen LogP contribution >= 0.6 is 0 Å². The van der Waals surface area contributed by atoms with E-state index >= 15 is 0 Å². The van der Waals surface area contributed by atoms with Crippen LogP contribution in [0.5, 0.6) is 0 Å². The number of anilines is 1. The number of carbonyl (C=O) groups is 2. The number of nitrogens with two attached hydrogens (primary N) is 1. The molecule has 3 N–H and O–H groups in total. The molecule has 6 heteroatoms. The van der Waals surface area contributed by atoms with Gasteiger partial charge in [-0.2, -0.15) is 0 Å². The van der Waals surface area contributed by atoms with Gasteiger partial charge in [-0.15, -0.1) is 0 Å². The molecule has 0 saturated carbocycles. The first-order valence-corrected chi connectivity index (χ1v) is 8.67. The number of halogens is 1. The summed E-state index contributed by atoms with van der Waals surface area (Å²) in [6.07, 6.45) is 1.52. The zero-order chi connectivity index (χ0) is 18.7. The highest BCUT2D eigenvalue weighted by atomic mass is 19.1. The van der Waals surface area contributed by atoms with Gasteiger partial charge < -0.3 is 16.0 Å². The Morgan fingerprint density at radius 2 is 1.73 bits per heavy atom. The molecule has 26 heavy (non-hydrogen) atoms. The van der Waals surface area contributed by atoms with Crippen LogP contribution in [0.15, 0.2) is 42.5 Å². The number of hydrogen-bond donors (Lipinski definition) is 2. The first-order chi connectivity index (χ1) is 12.5. The third kappa shape index (κ3) is 3.75. The standard InChI is InChI=1S/C20H22FN3O2/c1-13-5-4-7-16(20(26)24-11-9-14(22)10-12-24)18(13)23-19(25)15-6-2-3-8-17(15)21/h2-8,14H,9-12,22H2,1H3,(H,23,25). The molecule has 5 nitrogen and oxygen atoms in total. The molecule has 1 saturated heterocycles. The highest BCUT2D eigenvalue weighted by Crippen LogP contribution is 2.24. The number of hydrogen-bond acceptors (Lipinski definition) is 3. The second-order valence-corrected chi connectivity index (χ2v) is 6.56. The van der Waals surface area contributed by atoms with E-state index in [1.54, 1.807) is 36.1 Å². The van der Waals surface area contributed by atoms with E-state index in [0.717, 1.165) is 18.4 Å². The molecule has 0 bridgehead atoms. The second-order valence-electron chi connectivity index (χ2n) is 6.56. The summed E-state index contributed by atoms with van der Waals surface area (Å²) in [5, 5.41) is 2.71. The predicted molar refractivity (Wildman–Crippen MR) is 98.6 cm³/mol. The van der Waals surface area contributed by atoms with Gasteiger partial charge in [0.1, 0.15) is 5.82 Å². The summed E-state index contributed by atoms with van der Waals surface area (Å²) in [6, 6.07) is 11.1. The number of benzene rings is 2. The van der Waals surface area contributed by atoms with E-state index < -0.39 is 11.7 Å². The van der Waals surface area contributed by atoms with Crippen LogP contribution in [0, 0.1) is 12.7 Å². The molecule has 136 valence electrons. The van der Waals surface area contributed by atoms with Gasteiger partial charge in [-0.05, 0) is 43.5 Å². The van der Waals surface area contributed by atoms with E-state index in [-0.39, 0.29) is 17.5 Å². The SMILES string of the molecule is Cc1cccc(C(=O)N2CCC(N)CC2)c1NC(=O)c1ccccc1F. The maximum Gasteiger partial charge on any atom is 0.258 e. The lowest BCUT2D eigenvalue weighted by Crippen LogP contribution is -2.43. The Hall–Kier alpha value is -2.73. The van der Waals surface area contributed by atoms with Gasteiger partial charge in [0.05, 0.1) is 16.8 Å². The van der Waals surface area contributed by atoms with Crippen molar-refractivity contribution < 1.29 is 14.0 Å². The molecule has 2 aromatic rings. The molecule has 0 spiro atoms. The molecule has 0 unspecified atom stereocenters. The zero-order valence-corrected chi connectivity index (χ0v) is 14.7. The van der Waals surface area contributed by atoms with Crippen LogP contribution in [0.25, 0.3) is 0 Å². The van der Waals surface area contributed by atoms with Gasteiger partial charge >= 0.3 is 0 Å². The highest BCUT2D eigenvalue weighted by Gasteiger charge is 2.25. The van der Waals surface area contributed by atoms with Crippen molar-refractivity contribution in [1.29, 1.82) is 0 Å². The fourth-order valence-corrected chi connectivity index (χ4v) is 3.11. The van der Waals surface area contributed by atoms with Crippen LogP contribution in [-0.2, 0) is 0 Å². The van der Waals surface area contributed by atoms with Gasteiger partial charge in [-0.1, -0.05) is 24.3 Å². The largest absolute Gasteiger partial charge is 0.338 e. The van der Waals surface area contributed by atoms with E-state index in [2.05, 4.69) is 5.32 Å². The quantitative estimate of drug-likeness (QED) is 0.889. The number of likely N-dealkylation sites (tertiary alicyclic amines) is 1. The summed E-state index contributed by atoms with van der Waals surface area (Å²) in [4.78, 5) is 27.2. The smallest absolute Gasteiger partial charge is 0.258 e. The molecule has 1 aliphatic heterocycles. The van der Waals surface area contributed by atoms with Crippen LogP contribution in [0.2, 0.25) is 0 Å². The van der Waals surface area contributed by atoms with Crippen molar-refractivity contribution >= 4 is 17.5 Å². The number of aryl methyl sites for hydroxylation is 1. The molecule has 0 aliphatic carbocycles. The van der Waals surface area contributed by atoms with Crippen molar-refractivity contribution in [3.05, 3.63) is 65.0 Å². The average Bonchev–Trinajstić information content (AvgIpc) is 2.63. The molecule has 1 heterocycles. The fraction of sp³-hybridized carbons (Fsp3) is 0.300. The topological polar surface area (TPSA) is 75.4 Å². The molecule has 0 atom stereocenters. The minimum Gasteiger partial charge on any atom is -0.338 e. The maximum absolute atomic E-state index is 13.9. The van der Waals surface area contributed by atoms with Crippen molar-refractivity contribution in [2.24, 2.45) is 5.73 Å². The second kappa shape index (κ2) is 7.66. The number of nitrogens with one attached hydrogen (secondary N) is 1. The van der Waals surface area contributed by atoms with E-state index in [4.69, 9.17) is 5.73 Å². The van der Waals surface area contributed by atoms with Crippen molar-refractivity contribution in [2.75, 3.05) is 18.4 Å². The van der Waals surface area contributed by atoms with Gasteiger partial charge in [-0.25, -0.2) is 4.39 Å². The van der Waals surface area contributed by atoms with Gasteiger partial charge in [-0.3, -0.25) is 9.59 Å². The maximum atomic E-state index is 13.9. The van der Waals surface area contributed by atoms with Gasteiger partial charge in [0.25, 0.3) is 11.8 Å². The third-order valence-corrected chi connectivity index (χ3v) is 4.69. The van der Waals surface area contributed by atoms with Crippen LogP contribution in [0.4, 0.5) is 10.1 Å². The molecular weight excluding hydrogens is 333 g/mol. The number of piperidine rings is 1. The van der Waals surface area contributed by atoms with Gasteiger partial charge in [0, 0.05) is 19.1 Å². The van der Waals surface area contributed by atoms with E-state index in [0.29, 0.717) is 24.3 Å². The van der Waals surface area contributed by atoms with Gasteiger partial charge in [0.2, 0.25) is 0 Å². The lowest BCUT2D eigenvalue weighted by molar-refractivity contribution is 0.0715. The van der Waals surface area contributed by atoms with Crippen molar-refractivity contribution in [3.63, 3.8) is 0 Å². The molecule has 3 rings (SSSR count). The van der Waals surface area contributed by atoms with E-state index in [1.165, 1.54) is 18.2 Å².